The summed E-state index contributed by atoms with van der Waals surface area (Å²) in [7, 11) is 0. The molecule has 0 spiro atoms. The van der Waals surface area contributed by atoms with E-state index in [0.29, 0.717) is 5.54 Å². The minimum Gasteiger partial charge on any atom is -0.329 e. The summed E-state index contributed by atoms with van der Waals surface area (Å²) in [5.41, 5.74) is 6.54. The highest BCUT2D eigenvalue weighted by Crippen LogP contribution is 2.42. The lowest BCUT2D eigenvalue weighted by Gasteiger charge is -2.44. The summed E-state index contributed by atoms with van der Waals surface area (Å²) >= 11 is 0. The van der Waals surface area contributed by atoms with Gasteiger partial charge in [0.2, 0.25) is 0 Å². The molecule has 0 aromatic rings. The molecule has 2 unspecified atom stereocenters. The molecule has 2 heteroatoms. The van der Waals surface area contributed by atoms with Crippen LogP contribution in [0.1, 0.15) is 65.2 Å². The van der Waals surface area contributed by atoms with Crippen molar-refractivity contribution in [2.75, 3.05) is 13.1 Å². The van der Waals surface area contributed by atoms with E-state index >= 15 is 0 Å². The molecule has 2 nitrogen and oxygen atoms in total. The van der Waals surface area contributed by atoms with Crippen LogP contribution in [0.5, 0.6) is 0 Å². The maximum absolute atomic E-state index is 6.19. The van der Waals surface area contributed by atoms with Gasteiger partial charge in [0, 0.05) is 18.1 Å². The average molecular weight is 238 g/mol. The van der Waals surface area contributed by atoms with E-state index in [1.54, 1.807) is 0 Å². The normalized spacial score (nSPS) is 34.9. The summed E-state index contributed by atoms with van der Waals surface area (Å²) in [5.74, 6) is 0.925. The molecule has 0 bridgehead atoms. The average Bonchev–Trinajstić information content (AvgIpc) is 3.00. The Kier molecular flexibility index (Phi) is 4.48. The smallest absolute Gasteiger partial charge is 0.0337 e. The molecule has 0 saturated heterocycles. The minimum absolute atomic E-state index is 0.352. The van der Waals surface area contributed by atoms with Gasteiger partial charge in [0.05, 0.1) is 0 Å². The number of nitrogens with two attached hydrogens (primary N) is 1. The zero-order valence-corrected chi connectivity index (χ0v) is 11.8. The lowest BCUT2D eigenvalue weighted by Crippen LogP contribution is -2.55. The van der Waals surface area contributed by atoms with Crippen LogP contribution in [0.3, 0.4) is 0 Å². The van der Waals surface area contributed by atoms with Gasteiger partial charge in [-0.3, -0.25) is 4.90 Å². The summed E-state index contributed by atoms with van der Waals surface area (Å²) in [4.78, 5) is 2.79. The Hall–Kier alpha value is -0.0800. The molecule has 17 heavy (non-hydrogen) atoms. The first-order valence-corrected chi connectivity index (χ1v) is 7.72. The topological polar surface area (TPSA) is 29.3 Å². The van der Waals surface area contributed by atoms with Crippen LogP contribution in [0.4, 0.5) is 0 Å². The van der Waals surface area contributed by atoms with Crippen LogP contribution in [0.15, 0.2) is 0 Å². The van der Waals surface area contributed by atoms with Gasteiger partial charge in [0.15, 0.2) is 0 Å². The van der Waals surface area contributed by atoms with Gasteiger partial charge in [-0.15, -0.1) is 0 Å². The van der Waals surface area contributed by atoms with E-state index in [2.05, 4.69) is 18.7 Å². The Morgan fingerprint density at radius 1 is 1.18 bits per heavy atom. The number of rotatable bonds is 5. The van der Waals surface area contributed by atoms with Crippen LogP contribution in [-0.2, 0) is 0 Å². The van der Waals surface area contributed by atoms with E-state index in [-0.39, 0.29) is 0 Å². The van der Waals surface area contributed by atoms with Gasteiger partial charge in [-0.05, 0) is 44.6 Å². The molecule has 0 aromatic heterocycles. The molecule has 2 fully saturated rings. The van der Waals surface area contributed by atoms with Gasteiger partial charge < -0.3 is 5.73 Å². The van der Waals surface area contributed by atoms with Crippen molar-refractivity contribution in [3.8, 4) is 0 Å². The Labute approximate surface area is 107 Å². The highest BCUT2D eigenvalue weighted by molar-refractivity contribution is 5.01. The monoisotopic (exact) mass is 238 g/mol. The van der Waals surface area contributed by atoms with Crippen molar-refractivity contribution in [2.45, 2.75) is 76.8 Å². The number of nitrogens with zero attached hydrogens (tertiary/aromatic N) is 1. The van der Waals surface area contributed by atoms with Gasteiger partial charge in [-0.1, -0.05) is 33.1 Å². The maximum atomic E-state index is 6.19. The first-order valence-electron chi connectivity index (χ1n) is 7.72. The largest absolute Gasteiger partial charge is 0.329 e. The van der Waals surface area contributed by atoms with E-state index in [9.17, 15) is 0 Å². The highest BCUT2D eigenvalue weighted by atomic mass is 15.2. The number of hydrogen-bond donors (Lipinski definition) is 1. The predicted molar refractivity (Wildman–Crippen MR) is 74.1 cm³/mol. The molecule has 100 valence electrons. The molecular formula is C15H30N2. The lowest BCUT2D eigenvalue weighted by atomic mass is 9.90. The van der Waals surface area contributed by atoms with Crippen molar-refractivity contribution < 1.29 is 0 Å². The standard InChI is InChI=1S/C15H30N2/c1-3-13-9-10-15(11-13,12-16)17(4-2)14-7-5-6-8-14/h13-14H,3-12,16H2,1-2H3. The molecule has 0 radical (unpaired) electrons. The van der Waals surface area contributed by atoms with Crippen molar-refractivity contribution in [1.29, 1.82) is 0 Å². The van der Waals surface area contributed by atoms with E-state index in [4.69, 9.17) is 5.73 Å². The fourth-order valence-electron chi connectivity index (χ4n) is 4.32. The molecule has 2 saturated carbocycles. The summed E-state index contributed by atoms with van der Waals surface area (Å²) in [6, 6.07) is 0.833. The van der Waals surface area contributed by atoms with Crippen molar-refractivity contribution in [1.82, 2.24) is 4.90 Å². The number of hydrogen-bond acceptors (Lipinski definition) is 2. The minimum atomic E-state index is 0.352. The summed E-state index contributed by atoms with van der Waals surface area (Å²) in [5, 5.41) is 0. The zero-order valence-electron chi connectivity index (χ0n) is 11.8. The van der Waals surface area contributed by atoms with Crippen LogP contribution in [0.25, 0.3) is 0 Å². The third-order valence-electron chi connectivity index (χ3n) is 5.36. The van der Waals surface area contributed by atoms with Crippen LogP contribution in [0, 0.1) is 5.92 Å². The molecule has 2 atom stereocenters. The van der Waals surface area contributed by atoms with E-state index in [1.165, 1.54) is 57.9 Å². The first-order chi connectivity index (χ1) is 8.25. The molecule has 0 amide bonds. The predicted octanol–water partition coefficient (Wildman–Crippen LogP) is 3.16. The molecule has 2 aliphatic rings. The third kappa shape index (κ3) is 2.53. The van der Waals surface area contributed by atoms with E-state index in [1.807, 2.05) is 0 Å². The molecule has 2 rings (SSSR count). The molecule has 0 heterocycles. The Morgan fingerprint density at radius 2 is 1.88 bits per heavy atom. The SMILES string of the molecule is CCC1CCC(CN)(N(CC)C2CCCC2)C1. The van der Waals surface area contributed by atoms with Crippen LogP contribution >= 0.6 is 0 Å². The van der Waals surface area contributed by atoms with Crippen molar-refractivity contribution in [3.05, 3.63) is 0 Å². The summed E-state index contributed by atoms with van der Waals surface area (Å²) < 4.78 is 0. The summed E-state index contributed by atoms with van der Waals surface area (Å²) in [6.07, 6.45) is 11.1. The van der Waals surface area contributed by atoms with E-state index < -0.39 is 0 Å². The molecule has 0 aromatic carbocycles. The highest BCUT2D eigenvalue weighted by Gasteiger charge is 2.44. The van der Waals surface area contributed by atoms with E-state index in [0.717, 1.165) is 18.5 Å². The molecular weight excluding hydrogens is 208 g/mol. The van der Waals surface area contributed by atoms with Gasteiger partial charge in [0.1, 0.15) is 0 Å². The lowest BCUT2D eigenvalue weighted by molar-refractivity contribution is 0.0561. The molecule has 2 aliphatic carbocycles. The van der Waals surface area contributed by atoms with Gasteiger partial charge in [0.25, 0.3) is 0 Å². The zero-order chi connectivity index (χ0) is 12.3. The molecule has 0 aliphatic heterocycles. The summed E-state index contributed by atoms with van der Waals surface area (Å²) in [6.45, 7) is 6.73. The fourth-order valence-corrected chi connectivity index (χ4v) is 4.32. The number of likely N-dealkylation sites (N-methyl/N-ethyl adjacent to an activating group) is 1. The maximum Gasteiger partial charge on any atom is 0.0337 e. The quantitative estimate of drug-likeness (QED) is 0.797. The van der Waals surface area contributed by atoms with Gasteiger partial charge in [-0.2, -0.15) is 0 Å². The van der Waals surface area contributed by atoms with Crippen LogP contribution < -0.4 is 5.73 Å². The van der Waals surface area contributed by atoms with Crippen LogP contribution in [-0.4, -0.2) is 29.6 Å². The van der Waals surface area contributed by atoms with Crippen molar-refractivity contribution >= 4 is 0 Å². The molecule has 2 N–H and O–H groups in total. The first kappa shape index (κ1) is 13.4. The second kappa shape index (κ2) is 5.71. The fraction of sp³-hybridized carbons (Fsp3) is 1.00. The van der Waals surface area contributed by atoms with Crippen LogP contribution in [0.2, 0.25) is 0 Å². The third-order valence-corrected chi connectivity index (χ3v) is 5.36. The van der Waals surface area contributed by atoms with Crippen molar-refractivity contribution in [3.63, 3.8) is 0 Å². The van der Waals surface area contributed by atoms with Gasteiger partial charge in [-0.25, -0.2) is 0 Å². The Balaban J connectivity index is 2.09. The van der Waals surface area contributed by atoms with Gasteiger partial charge >= 0.3 is 0 Å². The second-order valence-corrected chi connectivity index (χ2v) is 6.17. The Bertz CT molecular complexity index is 235. The Morgan fingerprint density at radius 3 is 2.35 bits per heavy atom. The van der Waals surface area contributed by atoms with Crippen molar-refractivity contribution in [2.24, 2.45) is 11.7 Å². The second-order valence-electron chi connectivity index (χ2n) is 6.17.